The number of phenols is 1. The van der Waals surface area contributed by atoms with Crippen molar-refractivity contribution in [2.45, 2.75) is 64.1 Å². The molecule has 1 N–H and O–H groups in total. The minimum absolute atomic E-state index is 0.0283. The minimum atomic E-state index is -0.445. The monoisotopic (exact) mass is 645 g/mol. The van der Waals surface area contributed by atoms with Gasteiger partial charge in [-0.25, -0.2) is 4.98 Å². The average Bonchev–Trinajstić information content (AvgIpc) is 3.03. The van der Waals surface area contributed by atoms with Gasteiger partial charge in [0.05, 0.1) is 37.0 Å². The molecule has 9 nitrogen and oxygen atoms in total. The SMILES string of the molecule is CC(C)Oc1cc2c(cc1O)CC(=O)N(c1ccc(N(C)C[C@H]3CC[C@H](N4CCN(C)C(=O)C4)CC3)nc1)C2c1ccc(Cl)cc1. The maximum atomic E-state index is 13.8. The van der Waals surface area contributed by atoms with E-state index in [0.29, 0.717) is 35.0 Å². The van der Waals surface area contributed by atoms with Crippen LogP contribution in [0.4, 0.5) is 11.5 Å². The van der Waals surface area contributed by atoms with Gasteiger partial charge in [0, 0.05) is 44.8 Å². The molecule has 2 aliphatic heterocycles. The summed E-state index contributed by atoms with van der Waals surface area (Å²) in [5.74, 6) is 2.00. The third-order valence-corrected chi connectivity index (χ3v) is 9.94. The van der Waals surface area contributed by atoms with Crippen molar-refractivity contribution in [2.75, 3.05) is 50.1 Å². The van der Waals surface area contributed by atoms with Gasteiger partial charge >= 0.3 is 0 Å². The molecule has 244 valence electrons. The van der Waals surface area contributed by atoms with Crippen LogP contribution in [0.15, 0.2) is 54.7 Å². The summed E-state index contributed by atoms with van der Waals surface area (Å²) in [5, 5.41) is 11.3. The van der Waals surface area contributed by atoms with Crippen LogP contribution in [-0.2, 0) is 16.0 Å². The predicted octanol–water partition coefficient (Wildman–Crippen LogP) is 5.68. The molecule has 1 aliphatic carbocycles. The first-order valence-electron chi connectivity index (χ1n) is 16.3. The van der Waals surface area contributed by atoms with Gasteiger partial charge in [0.25, 0.3) is 0 Å². The summed E-state index contributed by atoms with van der Waals surface area (Å²) in [6.45, 7) is 7.06. The number of hydrogen-bond acceptors (Lipinski definition) is 7. The Balaban J connectivity index is 1.18. The normalized spacial score (nSPS) is 22.3. The van der Waals surface area contributed by atoms with E-state index in [4.69, 9.17) is 21.3 Å². The van der Waals surface area contributed by atoms with Crippen LogP contribution in [0.3, 0.4) is 0 Å². The van der Waals surface area contributed by atoms with E-state index in [1.165, 1.54) is 0 Å². The third-order valence-electron chi connectivity index (χ3n) is 9.69. The lowest BCUT2D eigenvalue weighted by Gasteiger charge is -2.41. The molecule has 1 aromatic heterocycles. The van der Waals surface area contributed by atoms with E-state index in [2.05, 4.69) is 16.8 Å². The highest BCUT2D eigenvalue weighted by Crippen LogP contribution is 2.43. The molecule has 0 spiro atoms. The minimum Gasteiger partial charge on any atom is -0.504 e. The quantitative estimate of drug-likeness (QED) is 0.337. The van der Waals surface area contributed by atoms with Crippen molar-refractivity contribution >= 4 is 34.9 Å². The number of halogens is 1. The first kappa shape index (κ1) is 32.1. The number of carbonyl (C=O) groups is 2. The number of ether oxygens (including phenoxy) is 1. The van der Waals surface area contributed by atoms with Crippen LogP contribution in [0.1, 0.15) is 62.3 Å². The van der Waals surface area contributed by atoms with Gasteiger partial charge < -0.3 is 19.6 Å². The lowest BCUT2D eigenvalue weighted by molar-refractivity contribution is -0.135. The van der Waals surface area contributed by atoms with Gasteiger partial charge in [-0.3, -0.25) is 19.4 Å². The molecule has 0 radical (unpaired) electrons. The fraction of sp³-hybridized carbons (Fsp3) is 0.472. The highest BCUT2D eigenvalue weighted by atomic mass is 35.5. The molecule has 0 bridgehead atoms. The van der Waals surface area contributed by atoms with E-state index < -0.39 is 6.04 Å². The van der Waals surface area contributed by atoms with Crippen molar-refractivity contribution in [1.82, 2.24) is 14.8 Å². The molecule has 3 heterocycles. The van der Waals surface area contributed by atoms with Crippen LogP contribution in [0, 0.1) is 5.92 Å². The van der Waals surface area contributed by atoms with Gasteiger partial charge in [-0.05, 0) is 98.5 Å². The van der Waals surface area contributed by atoms with E-state index in [1.807, 2.05) is 68.3 Å². The topological polar surface area (TPSA) is 89.5 Å². The Morgan fingerprint density at radius 3 is 2.41 bits per heavy atom. The van der Waals surface area contributed by atoms with Crippen molar-refractivity contribution in [3.8, 4) is 11.5 Å². The number of hydrogen-bond donors (Lipinski definition) is 1. The number of aromatic nitrogens is 1. The average molecular weight is 646 g/mol. The fourth-order valence-electron chi connectivity index (χ4n) is 7.19. The molecule has 3 aromatic rings. The molecular formula is C36H44ClN5O4. The summed E-state index contributed by atoms with van der Waals surface area (Å²) in [7, 11) is 3.97. The number of piperazine rings is 1. The zero-order valence-corrected chi connectivity index (χ0v) is 27.9. The molecule has 1 saturated heterocycles. The highest BCUT2D eigenvalue weighted by Gasteiger charge is 2.36. The summed E-state index contributed by atoms with van der Waals surface area (Å²) in [5.41, 5.74) is 3.27. The lowest BCUT2D eigenvalue weighted by Crippen LogP contribution is -2.53. The molecule has 46 heavy (non-hydrogen) atoms. The number of phenolic OH excluding ortho intramolecular Hbond substituents is 1. The number of benzene rings is 2. The van der Waals surface area contributed by atoms with Crippen molar-refractivity contribution in [2.24, 2.45) is 5.92 Å². The number of nitrogens with zero attached hydrogens (tertiary/aromatic N) is 5. The van der Waals surface area contributed by atoms with E-state index in [0.717, 1.165) is 67.8 Å². The zero-order valence-electron chi connectivity index (χ0n) is 27.2. The Morgan fingerprint density at radius 1 is 1.02 bits per heavy atom. The van der Waals surface area contributed by atoms with Crippen LogP contribution in [0.25, 0.3) is 0 Å². The van der Waals surface area contributed by atoms with Crippen molar-refractivity contribution in [1.29, 1.82) is 0 Å². The van der Waals surface area contributed by atoms with E-state index in [9.17, 15) is 14.7 Å². The van der Waals surface area contributed by atoms with Crippen molar-refractivity contribution in [3.05, 3.63) is 76.4 Å². The van der Waals surface area contributed by atoms with Gasteiger partial charge in [0.2, 0.25) is 11.8 Å². The molecule has 2 amide bonds. The molecule has 1 atom stereocenters. The molecule has 6 rings (SSSR count). The van der Waals surface area contributed by atoms with Crippen molar-refractivity contribution < 1.29 is 19.4 Å². The van der Waals surface area contributed by atoms with Gasteiger partial charge in [0.15, 0.2) is 11.5 Å². The molecule has 10 heteroatoms. The number of pyridine rings is 1. The first-order chi connectivity index (χ1) is 22.1. The molecule has 2 fully saturated rings. The summed E-state index contributed by atoms with van der Waals surface area (Å²) < 4.78 is 5.92. The summed E-state index contributed by atoms with van der Waals surface area (Å²) in [4.78, 5) is 39.0. The van der Waals surface area contributed by atoms with Gasteiger partial charge in [-0.2, -0.15) is 0 Å². The Hall–Kier alpha value is -3.82. The number of aromatic hydroxyl groups is 1. The highest BCUT2D eigenvalue weighted by molar-refractivity contribution is 6.30. The molecule has 3 aliphatic rings. The number of rotatable bonds is 8. The lowest BCUT2D eigenvalue weighted by atomic mass is 9.84. The van der Waals surface area contributed by atoms with Gasteiger partial charge in [-0.15, -0.1) is 0 Å². The molecular weight excluding hydrogens is 602 g/mol. The van der Waals surface area contributed by atoms with E-state index in [-0.39, 0.29) is 30.1 Å². The van der Waals surface area contributed by atoms with Crippen LogP contribution in [-0.4, -0.2) is 84.1 Å². The third kappa shape index (κ3) is 6.81. The second-order valence-electron chi connectivity index (χ2n) is 13.3. The standard InChI is InChI=1S/C36H44ClN5O4/c1-23(2)46-32-19-30-26(17-31(32)43)18-34(44)42(36(30)25-7-9-27(37)10-8-25)29-13-14-33(38-20-29)40(4)21-24-5-11-28(12-6-24)41-16-15-39(3)35(45)22-41/h7-10,13-14,17,19-20,23-24,28,36,43H,5-6,11-12,15-16,18,21-22H2,1-4H3/t24-,28-,36?. The van der Waals surface area contributed by atoms with E-state index >= 15 is 0 Å². The second kappa shape index (κ2) is 13.5. The molecule has 1 unspecified atom stereocenters. The number of fused-ring (bicyclic) bond motifs is 1. The maximum Gasteiger partial charge on any atom is 0.236 e. The maximum absolute atomic E-state index is 13.8. The molecule has 1 saturated carbocycles. The Morgan fingerprint density at radius 2 is 1.76 bits per heavy atom. The number of likely N-dealkylation sites (N-methyl/N-ethyl adjacent to an activating group) is 1. The van der Waals surface area contributed by atoms with Crippen molar-refractivity contribution in [3.63, 3.8) is 0 Å². The first-order valence-corrected chi connectivity index (χ1v) is 16.7. The zero-order chi connectivity index (χ0) is 32.5. The summed E-state index contributed by atoms with van der Waals surface area (Å²) >= 11 is 6.24. The smallest absolute Gasteiger partial charge is 0.236 e. The largest absolute Gasteiger partial charge is 0.504 e. The van der Waals surface area contributed by atoms with Crippen LogP contribution >= 0.6 is 11.6 Å². The number of anilines is 2. The predicted molar refractivity (Wildman–Crippen MR) is 181 cm³/mol. The Kier molecular flexibility index (Phi) is 9.43. The van der Waals surface area contributed by atoms with Crippen LogP contribution in [0.2, 0.25) is 5.02 Å². The van der Waals surface area contributed by atoms with Crippen LogP contribution < -0.4 is 14.5 Å². The Labute approximate surface area is 276 Å². The van der Waals surface area contributed by atoms with Crippen LogP contribution in [0.5, 0.6) is 11.5 Å². The molecule has 2 aromatic carbocycles. The van der Waals surface area contributed by atoms with Gasteiger partial charge in [-0.1, -0.05) is 23.7 Å². The number of amides is 2. The Bertz CT molecular complexity index is 1560. The summed E-state index contributed by atoms with van der Waals surface area (Å²) in [6.07, 6.45) is 6.33. The summed E-state index contributed by atoms with van der Waals surface area (Å²) in [6, 6.07) is 15.0. The second-order valence-corrected chi connectivity index (χ2v) is 13.7. The van der Waals surface area contributed by atoms with Gasteiger partial charge in [0.1, 0.15) is 5.82 Å². The fourth-order valence-corrected chi connectivity index (χ4v) is 7.32. The van der Waals surface area contributed by atoms with E-state index in [1.54, 1.807) is 17.2 Å². The number of carbonyl (C=O) groups excluding carboxylic acids is 2.